The molecule has 1 aromatic rings. The minimum Gasteiger partial charge on any atom is -0.381 e. The minimum absolute atomic E-state index is 0.260. The molecular weight excluding hydrogens is 255 g/mol. The summed E-state index contributed by atoms with van der Waals surface area (Å²) in [5, 5.41) is 0. The molecule has 1 aromatic carbocycles. The van der Waals surface area contributed by atoms with Crippen LogP contribution in [0.15, 0.2) is 18.2 Å². The Balaban J connectivity index is 2.11. The number of nitrogens with zero attached hydrogens (tertiary/aromatic N) is 1. The van der Waals surface area contributed by atoms with E-state index in [-0.39, 0.29) is 12.4 Å². The van der Waals surface area contributed by atoms with Gasteiger partial charge in [-0.1, -0.05) is 17.9 Å². The average molecular weight is 276 g/mol. The van der Waals surface area contributed by atoms with Gasteiger partial charge in [0.05, 0.1) is 6.54 Å². The van der Waals surface area contributed by atoms with E-state index in [0.29, 0.717) is 6.04 Å². The normalized spacial score (nSPS) is 16.0. The van der Waals surface area contributed by atoms with E-state index in [2.05, 4.69) is 23.8 Å². The molecule has 2 rings (SSSR count). The number of hydrogen-bond acceptors (Lipinski definition) is 3. The third-order valence-electron chi connectivity index (χ3n) is 3.63. The molecule has 1 fully saturated rings. The number of nitrogens with two attached hydrogens (primary N) is 1. The smallest absolute Gasteiger partial charge is 0.124 e. The number of halogens is 1. The number of hydrogen-bond donors (Lipinski definition) is 1. The highest BCUT2D eigenvalue weighted by Gasteiger charge is 2.19. The zero-order chi connectivity index (χ0) is 14.4. The van der Waals surface area contributed by atoms with Gasteiger partial charge in [-0.05, 0) is 37.6 Å². The Kier molecular flexibility index (Phi) is 5.54. The fraction of sp³-hybridized carbons (Fsp3) is 0.500. The molecular formula is C16H21FN2O. The second-order valence-corrected chi connectivity index (χ2v) is 5.07. The number of rotatable bonds is 3. The molecule has 1 aliphatic heterocycles. The molecule has 0 amide bonds. The lowest BCUT2D eigenvalue weighted by Crippen LogP contribution is -2.36. The van der Waals surface area contributed by atoms with E-state index >= 15 is 0 Å². The standard InChI is InChI=1S/C16H21FN2O/c1-19(16-6-9-20-10-7-16)12-14-4-5-15(17)11-13(14)3-2-8-18/h4-5,11,16H,6-10,12,18H2,1H3. The van der Waals surface area contributed by atoms with Gasteiger partial charge in [-0.3, -0.25) is 4.90 Å². The summed E-state index contributed by atoms with van der Waals surface area (Å²) in [7, 11) is 2.10. The average Bonchev–Trinajstić information content (AvgIpc) is 2.48. The monoisotopic (exact) mass is 276 g/mol. The molecule has 0 atom stereocenters. The van der Waals surface area contributed by atoms with Crippen molar-refractivity contribution in [1.29, 1.82) is 0 Å². The van der Waals surface area contributed by atoms with Crippen LogP contribution < -0.4 is 5.73 Å². The summed E-state index contributed by atoms with van der Waals surface area (Å²) in [4.78, 5) is 2.30. The Morgan fingerprint density at radius 1 is 1.40 bits per heavy atom. The first-order chi connectivity index (χ1) is 9.70. The van der Waals surface area contributed by atoms with Crippen molar-refractivity contribution >= 4 is 0 Å². The maximum Gasteiger partial charge on any atom is 0.124 e. The molecule has 1 saturated heterocycles. The van der Waals surface area contributed by atoms with E-state index in [1.807, 2.05) is 6.07 Å². The van der Waals surface area contributed by atoms with Crippen LogP contribution >= 0.6 is 0 Å². The molecule has 0 bridgehead atoms. The molecule has 0 unspecified atom stereocenters. The highest BCUT2D eigenvalue weighted by Crippen LogP contribution is 2.18. The first-order valence-electron chi connectivity index (χ1n) is 6.96. The predicted molar refractivity (Wildman–Crippen MR) is 77.6 cm³/mol. The maximum atomic E-state index is 13.3. The zero-order valence-electron chi connectivity index (χ0n) is 11.9. The summed E-state index contributed by atoms with van der Waals surface area (Å²) in [6, 6.07) is 5.30. The van der Waals surface area contributed by atoms with Gasteiger partial charge in [-0.15, -0.1) is 0 Å². The first-order valence-corrected chi connectivity index (χ1v) is 6.96. The Hall–Kier alpha value is -1.41. The van der Waals surface area contributed by atoms with Gasteiger partial charge in [0, 0.05) is 31.4 Å². The van der Waals surface area contributed by atoms with Crippen molar-refractivity contribution in [3.63, 3.8) is 0 Å². The van der Waals surface area contributed by atoms with Gasteiger partial charge in [0.2, 0.25) is 0 Å². The second kappa shape index (κ2) is 7.39. The van der Waals surface area contributed by atoms with Gasteiger partial charge in [0.15, 0.2) is 0 Å². The third kappa shape index (κ3) is 4.04. The SMILES string of the molecule is CN(Cc1ccc(F)cc1C#CCN)C1CCOCC1. The summed E-state index contributed by atoms with van der Waals surface area (Å²) in [6.45, 7) is 2.68. The Morgan fingerprint density at radius 2 is 2.15 bits per heavy atom. The van der Waals surface area contributed by atoms with Crippen LogP contribution in [0.5, 0.6) is 0 Å². The fourth-order valence-electron chi connectivity index (χ4n) is 2.47. The molecule has 0 spiro atoms. The van der Waals surface area contributed by atoms with E-state index in [4.69, 9.17) is 10.5 Å². The van der Waals surface area contributed by atoms with Crippen LogP contribution in [0.1, 0.15) is 24.0 Å². The lowest BCUT2D eigenvalue weighted by atomic mass is 10.0. The highest BCUT2D eigenvalue weighted by atomic mass is 19.1. The molecule has 4 heteroatoms. The van der Waals surface area contributed by atoms with Gasteiger partial charge >= 0.3 is 0 Å². The van der Waals surface area contributed by atoms with Crippen LogP contribution in [0.25, 0.3) is 0 Å². The van der Waals surface area contributed by atoms with Crippen molar-refractivity contribution < 1.29 is 9.13 Å². The van der Waals surface area contributed by atoms with Crippen LogP contribution in [0, 0.1) is 17.7 Å². The quantitative estimate of drug-likeness (QED) is 0.855. The Bertz CT molecular complexity index is 501. The van der Waals surface area contributed by atoms with Crippen LogP contribution in [-0.4, -0.2) is 37.7 Å². The summed E-state index contributed by atoms with van der Waals surface area (Å²) in [6.07, 6.45) is 2.09. The predicted octanol–water partition coefficient (Wildman–Crippen LogP) is 1.75. The number of ether oxygens (including phenoxy) is 1. The van der Waals surface area contributed by atoms with Crippen molar-refractivity contribution in [2.45, 2.75) is 25.4 Å². The molecule has 2 N–H and O–H groups in total. The van der Waals surface area contributed by atoms with Crippen molar-refractivity contribution in [2.24, 2.45) is 5.73 Å². The molecule has 0 radical (unpaired) electrons. The van der Waals surface area contributed by atoms with Gasteiger partial charge in [-0.2, -0.15) is 0 Å². The number of benzene rings is 1. The zero-order valence-corrected chi connectivity index (χ0v) is 11.9. The van der Waals surface area contributed by atoms with Crippen molar-refractivity contribution in [3.05, 3.63) is 35.1 Å². The van der Waals surface area contributed by atoms with Crippen LogP contribution in [0.2, 0.25) is 0 Å². The molecule has 0 aliphatic carbocycles. The molecule has 20 heavy (non-hydrogen) atoms. The van der Waals surface area contributed by atoms with Gasteiger partial charge in [0.25, 0.3) is 0 Å². The lowest BCUT2D eigenvalue weighted by molar-refractivity contribution is 0.0406. The molecule has 108 valence electrons. The molecule has 0 aromatic heterocycles. The van der Waals surface area contributed by atoms with E-state index in [1.165, 1.54) is 12.1 Å². The van der Waals surface area contributed by atoms with Gasteiger partial charge in [0.1, 0.15) is 5.82 Å². The molecule has 3 nitrogen and oxygen atoms in total. The van der Waals surface area contributed by atoms with Gasteiger partial charge < -0.3 is 10.5 Å². The van der Waals surface area contributed by atoms with E-state index in [0.717, 1.165) is 43.7 Å². The van der Waals surface area contributed by atoms with Crippen molar-refractivity contribution in [2.75, 3.05) is 26.8 Å². The largest absolute Gasteiger partial charge is 0.381 e. The van der Waals surface area contributed by atoms with Crippen molar-refractivity contribution in [3.8, 4) is 11.8 Å². The maximum absolute atomic E-state index is 13.3. The van der Waals surface area contributed by atoms with Gasteiger partial charge in [-0.25, -0.2) is 4.39 Å². The van der Waals surface area contributed by atoms with Crippen LogP contribution in [0.3, 0.4) is 0 Å². The molecule has 1 aliphatic rings. The summed E-state index contributed by atoms with van der Waals surface area (Å²) in [5.74, 6) is 5.49. The first kappa shape index (κ1) is 15.0. The summed E-state index contributed by atoms with van der Waals surface area (Å²) >= 11 is 0. The molecule has 1 heterocycles. The lowest BCUT2D eigenvalue weighted by Gasteiger charge is -2.31. The second-order valence-electron chi connectivity index (χ2n) is 5.07. The Labute approximate surface area is 119 Å². The molecule has 0 saturated carbocycles. The summed E-state index contributed by atoms with van der Waals surface area (Å²) < 4.78 is 18.7. The van der Waals surface area contributed by atoms with Crippen LogP contribution in [0.4, 0.5) is 4.39 Å². The van der Waals surface area contributed by atoms with Crippen molar-refractivity contribution in [1.82, 2.24) is 4.90 Å². The van der Waals surface area contributed by atoms with E-state index < -0.39 is 0 Å². The van der Waals surface area contributed by atoms with E-state index in [9.17, 15) is 4.39 Å². The Morgan fingerprint density at radius 3 is 2.85 bits per heavy atom. The van der Waals surface area contributed by atoms with Crippen LogP contribution in [-0.2, 0) is 11.3 Å². The topological polar surface area (TPSA) is 38.5 Å². The minimum atomic E-state index is -0.260. The van der Waals surface area contributed by atoms with E-state index in [1.54, 1.807) is 0 Å². The third-order valence-corrected chi connectivity index (χ3v) is 3.63. The highest BCUT2D eigenvalue weighted by molar-refractivity contribution is 5.41. The summed E-state index contributed by atoms with van der Waals surface area (Å²) in [5.41, 5.74) is 7.16. The fourth-order valence-corrected chi connectivity index (χ4v) is 2.47.